The number of rotatable bonds is 5. The van der Waals surface area contributed by atoms with Crippen LogP contribution in [0.2, 0.25) is 5.02 Å². The van der Waals surface area contributed by atoms with Crippen LogP contribution < -0.4 is 10.5 Å². The van der Waals surface area contributed by atoms with Crippen molar-refractivity contribution in [2.75, 3.05) is 12.3 Å². The molecule has 0 heterocycles. The summed E-state index contributed by atoms with van der Waals surface area (Å²) in [6.45, 7) is 4.75. The third-order valence-corrected chi connectivity index (χ3v) is 3.48. The topological polar surface area (TPSA) is 35.2 Å². The zero-order valence-electron chi connectivity index (χ0n) is 11.9. The number of hydrogen-bond donors (Lipinski definition) is 1. The second-order valence-corrected chi connectivity index (χ2v) is 5.50. The second-order valence-electron chi connectivity index (χ2n) is 5.06. The van der Waals surface area contributed by atoms with E-state index in [9.17, 15) is 0 Å². The molecule has 20 heavy (non-hydrogen) atoms. The van der Waals surface area contributed by atoms with Gasteiger partial charge in [0.25, 0.3) is 0 Å². The second kappa shape index (κ2) is 6.67. The van der Waals surface area contributed by atoms with Gasteiger partial charge in [0.2, 0.25) is 0 Å². The first kappa shape index (κ1) is 14.7. The van der Waals surface area contributed by atoms with Gasteiger partial charge in [0.1, 0.15) is 5.75 Å². The van der Waals surface area contributed by atoms with Crippen LogP contribution in [0.1, 0.15) is 23.1 Å². The average Bonchev–Trinajstić information content (AvgIpc) is 2.39. The van der Waals surface area contributed by atoms with Gasteiger partial charge in [-0.1, -0.05) is 23.7 Å². The van der Waals surface area contributed by atoms with Gasteiger partial charge < -0.3 is 10.5 Å². The van der Waals surface area contributed by atoms with Crippen molar-refractivity contribution in [1.82, 2.24) is 0 Å². The molecule has 0 saturated heterocycles. The maximum absolute atomic E-state index is 6.01. The van der Waals surface area contributed by atoms with Crippen LogP contribution in [0, 0.1) is 13.8 Å². The summed E-state index contributed by atoms with van der Waals surface area (Å²) in [6, 6.07) is 11.9. The van der Waals surface area contributed by atoms with Gasteiger partial charge in [-0.3, -0.25) is 0 Å². The molecule has 0 fully saturated rings. The lowest BCUT2D eigenvalue weighted by Gasteiger charge is -2.12. The molecule has 0 saturated carbocycles. The van der Waals surface area contributed by atoms with E-state index in [0.717, 1.165) is 40.4 Å². The Morgan fingerprint density at radius 2 is 1.65 bits per heavy atom. The Morgan fingerprint density at radius 3 is 2.25 bits per heavy atom. The quantitative estimate of drug-likeness (QED) is 0.647. The first-order valence-electron chi connectivity index (χ1n) is 6.80. The number of benzene rings is 2. The summed E-state index contributed by atoms with van der Waals surface area (Å²) in [4.78, 5) is 0. The fraction of sp³-hybridized carbons (Fsp3) is 0.294. The molecule has 0 aromatic heterocycles. The van der Waals surface area contributed by atoms with Gasteiger partial charge in [-0.05, 0) is 67.6 Å². The standard InChI is InChI=1S/C17H20ClNO/c1-12-10-15(18)11-13(2)17(12)20-9-3-4-14-5-7-16(19)8-6-14/h5-8,10-11H,3-4,9,19H2,1-2H3. The van der Waals surface area contributed by atoms with Crippen molar-refractivity contribution in [3.05, 3.63) is 58.1 Å². The van der Waals surface area contributed by atoms with Gasteiger partial charge in [-0.15, -0.1) is 0 Å². The van der Waals surface area contributed by atoms with Gasteiger partial charge in [0.05, 0.1) is 6.61 Å². The highest BCUT2D eigenvalue weighted by atomic mass is 35.5. The zero-order valence-corrected chi connectivity index (χ0v) is 12.7. The lowest BCUT2D eigenvalue weighted by molar-refractivity contribution is 0.307. The molecular weight excluding hydrogens is 270 g/mol. The van der Waals surface area contributed by atoms with Gasteiger partial charge in [0, 0.05) is 10.7 Å². The smallest absolute Gasteiger partial charge is 0.125 e. The van der Waals surface area contributed by atoms with Gasteiger partial charge in [-0.25, -0.2) is 0 Å². The maximum atomic E-state index is 6.01. The molecule has 0 bridgehead atoms. The molecule has 106 valence electrons. The molecule has 0 aliphatic carbocycles. The maximum Gasteiger partial charge on any atom is 0.125 e. The summed E-state index contributed by atoms with van der Waals surface area (Å²) in [7, 11) is 0. The van der Waals surface area contributed by atoms with Crippen LogP contribution in [0.25, 0.3) is 0 Å². The predicted octanol–water partition coefficient (Wildman–Crippen LogP) is 4.55. The molecule has 2 nitrogen and oxygen atoms in total. The average molecular weight is 290 g/mol. The Hall–Kier alpha value is -1.67. The molecule has 2 aromatic carbocycles. The van der Waals surface area contributed by atoms with Crippen LogP contribution >= 0.6 is 11.6 Å². The van der Waals surface area contributed by atoms with E-state index in [1.807, 2.05) is 38.1 Å². The Balaban J connectivity index is 1.86. The van der Waals surface area contributed by atoms with Crippen molar-refractivity contribution in [3.63, 3.8) is 0 Å². The molecule has 0 radical (unpaired) electrons. The molecule has 2 rings (SSSR count). The zero-order chi connectivity index (χ0) is 14.5. The fourth-order valence-corrected chi connectivity index (χ4v) is 2.59. The summed E-state index contributed by atoms with van der Waals surface area (Å²) in [5.74, 6) is 0.951. The van der Waals surface area contributed by atoms with Crippen molar-refractivity contribution < 1.29 is 4.74 Å². The third kappa shape index (κ3) is 3.91. The predicted molar refractivity (Wildman–Crippen MR) is 85.6 cm³/mol. The minimum absolute atomic E-state index is 0.702. The minimum atomic E-state index is 0.702. The molecule has 3 heteroatoms. The lowest BCUT2D eigenvalue weighted by atomic mass is 10.1. The highest BCUT2D eigenvalue weighted by Gasteiger charge is 2.05. The third-order valence-electron chi connectivity index (χ3n) is 3.26. The number of anilines is 1. The Kier molecular flexibility index (Phi) is 4.91. The van der Waals surface area contributed by atoms with E-state index in [-0.39, 0.29) is 0 Å². The van der Waals surface area contributed by atoms with E-state index in [1.54, 1.807) is 0 Å². The van der Waals surface area contributed by atoms with Crippen molar-refractivity contribution >= 4 is 17.3 Å². The summed E-state index contributed by atoms with van der Waals surface area (Å²) in [5.41, 5.74) is 9.93. The van der Waals surface area contributed by atoms with Crippen LogP contribution in [0.3, 0.4) is 0 Å². The summed E-state index contributed by atoms with van der Waals surface area (Å²) >= 11 is 6.01. The highest BCUT2D eigenvalue weighted by Crippen LogP contribution is 2.27. The van der Waals surface area contributed by atoms with Gasteiger partial charge >= 0.3 is 0 Å². The van der Waals surface area contributed by atoms with E-state index >= 15 is 0 Å². The number of halogens is 1. The lowest BCUT2D eigenvalue weighted by Crippen LogP contribution is -2.02. The van der Waals surface area contributed by atoms with Crippen molar-refractivity contribution in [1.29, 1.82) is 0 Å². The van der Waals surface area contributed by atoms with Gasteiger partial charge in [-0.2, -0.15) is 0 Å². The molecule has 2 aromatic rings. The summed E-state index contributed by atoms with van der Waals surface area (Å²) in [5, 5.41) is 0.759. The molecular formula is C17H20ClNO. The molecule has 0 unspecified atom stereocenters. The summed E-state index contributed by atoms with van der Waals surface area (Å²) < 4.78 is 5.88. The van der Waals surface area contributed by atoms with E-state index in [2.05, 4.69) is 12.1 Å². The van der Waals surface area contributed by atoms with Gasteiger partial charge in [0.15, 0.2) is 0 Å². The largest absolute Gasteiger partial charge is 0.493 e. The molecule has 0 spiro atoms. The van der Waals surface area contributed by atoms with Crippen LogP contribution in [0.5, 0.6) is 5.75 Å². The Morgan fingerprint density at radius 1 is 1.05 bits per heavy atom. The number of nitrogen functional groups attached to an aromatic ring is 1. The summed E-state index contributed by atoms with van der Waals surface area (Å²) in [6.07, 6.45) is 1.97. The molecule has 0 amide bonds. The number of ether oxygens (including phenoxy) is 1. The van der Waals surface area contributed by atoms with Crippen molar-refractivity contribution in [2.24, 2.45) is 0 Å². The van der Waals surface area contributed by atoms with Crippen molar-refractivity contribution in [3.8, 4) is 5.75 Å². The van der Waals surface area contributed by atoms with Crippen molar-refractivity contribution in [2.45, 2.75) is 26.7 Å². The molecule has 0 aliphatic heterocycles. The van der Waals surface area contributed by atoms with Crippen LogP contribution in [-0.4, -0.2) is 6.61 Å². The number of hydrogen-bond acceptors (Lipinski definition) is 2. The van der Waals surface area contributed by atoms with E-state index in [4.69, 9.17) is 22.1 Å². The molecule has 2 N–H and O–H groups in total. The Labute approximate surface area is 125 Å². The van der Waals surface area contributed by atoms with E-state index < -0.39 is 0 Å². The minimum Gasteiger partial charge on any atom is -0.493 e. The highest BCUT2D eigenvalue weighted by molar-refractivity contribution is 6.30. The first-order chi connectivity index (χ1) is 9.56. The molecule has 0 aliphatic rings. The Bertz CT molecular complexity index is 555. The van der Waals surface area contributed by atoms with E-state index in [0.29, 0.717) is 6.61 Å². The SMILES string of the molecule is Cc1cc(Cl)cc(C)c1OCCCc1ccc(N)cc1. The van der Waals surface area contributed by atoms with Crippen LogP contribution in [0.15, 0.2) is 36.4 Å². The number of aryl methyl sites for hydroxylation is 3. The van der Waals surface area contributed by atoms with Crippen LogP contribution in [-0.2, 0) is 6.42 Å². The molecule has 0 atom stereocenters. The normalized spacial score (nSPS) is 10.6. The first-order valence-corrected chi connectivity index (χ1v) is 7.18. The fourth-order valence-electron chi connectivity index (χ4n) is 2.26. The monoisotopic (exact) mass is 289 g/mol. The van der Waals surface area contributed by atoms with E-state index in [1.165, 1.54) is 5.56 Å². The van der Waals surface area contributed by atoms with Crippen LogP contribution in [0.4, 0.5) is 5.69 Å². The number of nitrogens with two attached hydrogens (primary N) is 1.